The molecule has 5 nitrogen and oxygen atoms in total. The molecule has 25 heavy (non-hydrogen) atoms. The van der Waals surface area contributed by atoms with Gasteiger partial charge in [-0.05, 0) is 41.5 Å². The first-order chi connectivity index (χ1) is 11.5. The fourth-order valence-corrected chi connectivity index (χ4v) is 2.54. The van der Waals surface area contributed by atoms with E-state index >= 15 is 0 Å². The van der Waals surface area contributed by atoms with Crippen LogP contribution in [-0.4, -0.2) is 21.3 Å². The molecule has 2 rings (SSSR count). The van der Waals surface area contributed by atoms with Crippen molar-refractivity contribution in [2.45, 2.75) is 59.3 Å². The first-order valence-corrected chi connectivity index (χ1v) is 8.45. The van der Waals surface area contributed by atoms with Crippen LogP contribution in [0.2, 0.25) is 0 Å². The summed E-state index contributed by atoms with van der Waals surface area (Å²) in [6, 6.07) is 5.79. The molecule has 0 saturated heterocycles. The van der Waals surface area contributed by atoms with Gasteiger partial charge in [-0.25, -0.2) is 15.4 Å². The maximum Gasteiger partial charge on any atom is 0.243 e. The van der Waals surface area contributed by atoms with Crippen LogP contribution in [0.25, 0.3) is 0 Å². The van der Waals surface area contributed by atoms with Gasteiger partial charge in [-0.3, -0.25) is 0 Å². The highest BCUT2D eigenvalue weighted by atomic mass is 16.3. The number of aromatic hydroxyl groups is 1. The summed E-state index contributed by atoms with van der Waals surface area (Å²) in [5.74, 6) is 0.828. The van der Waals surface area contributed by atoms with Crippen molar-refractivity contribution in [2.75, 3.05) is 5.43 Å². The van der Waals surface area contributed by atoms with Gasteiger partial charge >= 0.3 is 0 Å². The molecule has 0 unspecified atom stereocenters. The van der Waals surface area contributed by atoms with Crippen LogP contribution in [-0.2, 0) is 10.8 Å². The second-order valence-corrected chi connectivity index (χ2v) is 8.36. The lowest BCUT2D eigenvalue weighted by atomic mass is 9.78. The molecule has 0 aliphatic carbocycles. The molecule has 1 aromatic heterocycles. The summed E-state index contributed by atoms with van der Waals surface area (Å²) in [4.78, 5) is 8.38. The van der Waals surface area contributed by atoms with E-state index in [-0.39, 0.29) is 10.8 Å². The van der Waals surface area contributed by atoms with Crippen LogP contribution in [0, 0.1) is 6.92 Å². The Balaban J connectivity index is 2.38. The van der Waals surface area contributed by atoms with Crippen LogP contribution in [0.1, 0.15) is 63.9 Å². The molecule has 1 heterocycles. The van der Waals surface area contributed by atoms with Gasteiger partial charge < -0.3 is 5.11 Å². The van der Waals surface area contributed by atoms with Crippen molar-refractivity contribution in [3.05, 3.63) is 46.8 Å². The fraction of sp³-hybridized carbons (Fsp3) is 0.450. The summed E-state index contributed by atoms with van der Waals surface area (Å²) in [6.07, 6.45) is 3.42. The molecule has 0 fully saturated rings. The van der Waals surface area contributed by atoms with Crippen molar-refractivity contribution in [2.24, 2.45) is 5.10 Å². The van der Waals surface area contributed by atoms with Gasteiger partial charge in [0.25, 0.3) is 0 Å². The van der Waals surface area contributed by atoms with Gasteiger partial charge in [0.15, 0.2) is 0 Å². The number of aryl methyl sites for hydroxylation is 1. The van der Waals surface area contributed by atoms with Gasteiger partial charge in [-0.1, -0.05) is 41.5 Å². The zero-order chi connectivity index (χ0) is 18.8. The molecule has 0 aliphatic rings. The normalized spacial score (nSPS) is 12.6. The Bertz CT molecular complexity index is 748. The highest BCUT2D eigenvalue weighted by Gasteiger charge is 2.26. The van der Waals surface area contributed by atoms with E-state index in [0.29, 0.717) is 11.7 Å². The van der Waals surface area contributed by atoms with Crippen LogP contribution in [0.3, 0.4) is 0 Å². The van der Waals surface area contributed by atoms with Crippen LogP contribution in [0.15, 0.2) is 29.5 Å². The number of benzene rings is 1. The molecular weight excluding hydrogens is 312 g/mol. The van der Waals surface area contributed by atoms with Crippen LogP contribution in [0.5, 0.6) is 5.75 Å². The smallest absolute Gasteiger partial charge is 0.243 e. The molecule has 1 aromatic carbocycles. The number of nitrogens with zero attached hydrogens (tertiary/aromatic N) is 3. The van der Waals surface area contributed by atoms with E-state index in [4.69, 9.17) is 0 Å². The minimum Gasteiger partial charge on any atom is -0.507 e. The molecule has 0 atom stereocenters. The van der Waals surface area contributed by atoms with Gasteiger partial charge in [0, 0.05) is 23.0 Å². The molecule has 0 spiro atoms. The number of rotatable bonds is 3. The molecule has 2 aromatic rings. The maximum absolute atomic E-state index is 10.7. The van der Waals surface area contributed by atoms with Crippen molar-refractivity contribution in [1.29, 1.82) is 0 Å². The third kappa shape index (κ3) is 4.78. The Kier molecular flexibility index (Phi) is 5.16. The molecule has 0 saturated carbocycles. The lowest BCUT2D eigenvalue weighted by molar-refractivity contribution is 0.423. The van der Waals surface area contributed by atoms with E-state index in [0.717, 1.165) is 22.4 Å². The number of phenolic OH excluding ortho intramolecular Hbond substituents is 1. The van der Waals surface area contributed by atoms with E-state index in [9.17, 15) is 5.11 Å². The Morgan fingerprint density at radius 1 is 1.04 bits per heavy atom. The minimum absolute atomic E-state index is 0.166. The second-order valence-electron chi connectivity index (χ2n) is 8.36. The van der Waals surface area contributed by atoms with Gasteiger partial charge in [0.1, 0.15) is 5.75 Å². The van der Waals surface area contributed by atoms with E-state index in [1.165, 1.54) is 0 Å². The topological polar surface area (TPSA) is 70.4 Å². The number of hydrogen-bond acceptors (Lipinski definition) is 5. The van der Waals surface area contributed by atoms with Crippen molar-refractivity contribution < 1.29 is 5.11 Å². The SMILES string of the molecule is Cc1ccnc(N/N=C/c2cc(C(C)(C)C)c(O)c(C(C)(C)C)c2)n1. The lowest BCUT2D eigenvalue weighted by Gasteiger charge is -2.27. The standard InChI is InChI=1S/C20H28N4O/c1-13-8-9-21-18(23-13)24-22-12-14-10-15(19(2,3)4)17(25)16(11-14)20(5,6)7/h8-12,25H,1-7H3,(H,21,23,24)/b22-12+. The van der Waals surface area contributed by atoms with E-state index in [2.05, 4.69) is 62.0 Å². The van der Waals surface area contributed by atoms with Crippen LogP contribution >= 0.6 is 0 Å². The van der Waals surface area contributed by atoms with E-state index in [1.807, 2.05) is 25.1 Å². The highest BCUT2D eigenvalue weighted by molar-refractivity contribution is 5.82. The second kappa shape index (κ2) is 6.82. The molecule has 0 aliphatic heterocycles. The van der Waals surface area contributed by atoms with Crippen LogP contribution in [0.4, 0.5) is 5.95 Å². The maximum atomic E-state index is 10.7. The first kappa shape index (κ1) is 18.9. The third-order valence-corrected chi connectivity index (χ3v) is 3.92. The summed E-state index contributed by atoms with van der Waals surface area (Å²) >= 11 is 0. The minimum atomic E-state index is -0.166. The predicted octanol–water partition coefficient (Wildman–Crippen LogP) is 4.53. The lowest BCUT2D eigenvalue weighted by Crippen LogP contribution is -2.18. The van der Waals surface area contributed by atoms with Gasteiger partial charge in [0.05, 0.1) is 6.21 Å². The Morgan fingerprint density at radius 2 is 1.60 bits per heavy atom. The average molecular weight is 340 g/mol. The molecule has 5 heteroatoms. The van der Waals surface area contributed by atoms with Gasteiger partial charge in [-0.15, -0.1) is 0 Å². The number of anilines is 1. The van der Waals surface area contributed by atoms with Crippen molar-refractivity contribution in [3.63, 3.8) is 0 Å². The monoisotopic (exact) mass is 340 g/mol. The molecule has 2 N–H and O–H groups in total. The van der Waals surface area contributed by atoms with Gasteiger partial charge in [-0.2, -0.15) is 5.10 Å². The Morgan fingerprint density at radius 3 is 2.08 bits per heavy atom. The zero-order valence-corrected chi connectivity index (χ0v) is 16.2. The summed E-state index contributed by atoms with van der Waals surface area (Å²) in [7, 11) is 0. The molecule has 0 bridgehead atoms. The predicted molar refractivity (Wildman–Crippen MR) is 103 cm³/mol. The summed E-state index contributed by atoms with van der Waals surface area (Å²) in [6.45, 7) is 14.5. The first-order valence-electron chi connectivity index (χ1n) is 8.45. The molecular formula is C20H28N4O. The molecule has 0 amide bonds. The Hall–Kier alpha value is -2.43. The van der Waals surface area contributed by atoms with Gasteiger partial charge in [0.2, 0.25) is 5.95 Å². The number of aromatic nitrogens is 2. The third-order valence-electron chi connectivity index (χ3n) is 3.92. The van der Waals surface area contributed by atoms with Crippen molar-refractivity contribution in [3.8, 4) is 5.75 Å². The summed E-state index contributed by atoms with van der Waals surface area (Å²) < 4.78 is 0. The summed E-state index contributed by atoms with van der Waals surface area (Å²) in [5, 5.41) is 15.0. The number of phenols is 1. The van der Waals surface area contributed by atoms with E-state index < -0.39 is 0 Å². The largest absolute Gasteiger partial charge is 0.507 e. The van der Waals surface area contributed by atoms with Crippen molar-refractivity contribution in [1.82, 2.24) is 9.97 Å². The molecule has 134 valence electrons. The molecule has 0 radical (unpaired) electrons. The van der Waals surface area contributed by atoms with E-state index in [1.54, 1.807) is 12.4 Å². The number of hydrogen-bond donors (Lipinski definition) is 2. The quantitative estimate of drug-likeness (QED) is 0.636. The fourth-order valence-electron chi connectivity index (χ4n) is 2.54. The average Bonchev–Trinajstić information content (AvgIpc) is 2.46. The summed E-state index contributed by atoms with van der Waals surface area (Å²) in [5.41, 5.74) is 6.14. The Labute approximate surface area is 150 Å². The highest BCUT2D eigenvalue weighted by Crippen LogP contribution is 2.39. The van der Waals surface area contributed by atoms with Crippen LogP contribution < -0.4 is 5.43 Å². The number of nitrogens with one attached hydrogen (secondary N) is 1. The number of hydrazone groups is 1. The van der Waals surface area contributed by atoms with Crippen molar-refractivity contribution >= 4 is 12.2 Å². The zero-order valence-electron chi connectivity index (χ0n) is 16.2.